The molecule has 80 valence electrons. The molecule has 1 nitrogen and oxygen atoms in total. The van der Waals surface area contributed by atoms with Crippen LogP contribution in [0.2, 0.25) is 0 Å². The Bertz CT molecular complexity index is 359. The lowest BCUT2D eigenvalue weighted by Crippen LogP contribution is -2.42. The van der Waals surface area contributed by atoms with Crippen molar-refractivity contribution in [3.8, 4) is 0 Å². The highest BCUT2D eigenvalue weighted by molar-refractivity contribution is 5.92. The highest BCUT2D eigenvalue weighted by Gasteiger charge is 2.46. The van der Waals surface area contributed by atoms with E-state index in [1.807, 2.05) is 18.2 Å². The average molecular weight is 202 g/mol. The molecule has 1 saturated carbocycles. The van der Waals surface area contributed by atoms with Gasteiger partial charge >= 0.3 is 0 Å². The molecule has 0 bridgehead atoms. The maximum Gasteiger partial charge on any atom is 0.140 e. The molecular formula is C14H18O. The SMILES string of the molecule is CC(C)(C)[C@@H]1CC(=O)[C@H]1c1ccccc1. The fraction of sp³-hybridized carbons (Fsp3) is 0.500. The van der Waals surface area contributed by atoms with Crippen LogP contribution in [0.15, 0.2) is 30.3 Å². The van der Waals surface area contributed by atoms with Crippen molar-refractivity contribution < 1.29 is 4.79 Å². The molecular weight excluding hydrogens is 184 g/mol. The zero-order chi connectivity index (χ0) is 11.1. The summed E-state index contributed by atoms with van der Waals surface area (Å²) in [5.41, 5.74) is 1.42. The molecule has 0 N–H and O–H groups in total. The Labute approximate surface area is 91.5 Å². The third-order valence-corrected chi connectivity index (χ3v) is 3.44. The monoisotopic (exact) mass is 202 g/mol. The van der Waals surface area contributed by atoms with Gasteiger partial charge in [-0.1, -0.05) is 51.1 Å². The van der Waals surface area contributed by atoms with Gasteiger partial charge in [0.1, 0.15) is 5.78 Å². The van der Waals surface area contributed by atoms with Crippen LogP contribution >= 0.6 is 0 Å². The molecule has 1 aromatic rings. The Kier molecular flexibility index (Phi) is 2.41. The summed E-state index contributed by atoms with van der Waals surface area (Å²) in [4.78, 5) is 11.7. The van der Waals surface area contributed by atoms with E-state index in [1.54, 1.807) is 0 Å². The van der Waals surface area contributed by atoms with Gasteiger partial charge in [0.05, 0.1) is 0 Å². The van der Waals surface area contributed by atoms with E-state index in [-0.39, 0.29) is 11.3 Å². The third-order valence-electron chi connectivity index (χ3n) is 3.44. The fourth-order valence-corrected chi connectivity index (χ4v) is 2.41. The molecule has 1 fully saturated rings. The summed E-state index contributed by atoms with van der Waals surface area (Å²) in [6, 6.07) is 10.2. The van der Waals surface area contributed by atoms with E-state index in [4.69, 9.17) is 0 Å². The molecule has 0 unspecified atom stereocenters. The van der Waals surface area contributed by atoms with Crippen LogP contribution in [0.25, 0.3) is 0 Å². The van der Waals surface area contributed by atoms with E-state index in [2.05, 4.69) is 32.9 Å². The number of carbonyl (C=O) groups is 1. The minimum atomic E-state index is 0.145. The van der Waals surface area contributed by atoms with Gasteiger partial charge in [-0.2, -0.15) is 0 Å². The zero-order valence-electron chi connectivity index (χ0n) is 9.66. The molecule has 1 heteroatoms. The standard InChI is InChI=1S/C14H18O/c1-14(2,3)11-9-12(15)13(11)10-7-5-4-6-8-10/h4-8,11,13H,9H2,1-3H3/t11-,13+/m1/s1. The van der Waals surface area contributed by atoms with Crippen molar-refractivity contribution in [1.29, 1.82) is 0 Å². The van der Waals surface area contributed by atoms with Gasteiger partial charge in [0, 0.05) is 12.3 Å². The Morgan fingerprint density at radius 2 is 1.73 bits per heavy atom. The van der Waals surface area contributed by atoms with Crippen LogP contribution in [-0.2, 0) is 4.79 Å². The summed E-state index contributed by atoms with van der Waals surface area (Å²) in [5, 5.41) is 0. The fourth-order valence-electron chi connectivity index (χ4n) is 2.41. The van der Waals surface area contributed by atoms with Crippen molar-refractivity contribution in [3.05, 3.63) is 35.9 Å². The second-order valence-electron chi connectivity index (χ2n) is 5.53. The molecule has 1 aliphatic carbocycles. The van der Waals surface area contributed by atoms with Crippen molar-refractivity contribution in [2.24, 2.45) is 11.3 Å². The first-order chi connectivity index (χ1) is 7.00. The van der Waals surface area contributed by atoms with Crippen LogP contribution in [0, 0.1) is 11.3 Å². The largest absolute Gasteiger partial charge is 0.299 e. The Morgan fingerprint density at radius 1 is 1.13 bits per heavy atom. The minimum Gasteiger partial charge on any atom is -0.299 e. The van der Waals surface area contributed by atoms with Crippen LogP contribution in [0.1, 0.15) is 38.7 Å². The molecule has 0 aromatic heterocycles. The van der Waals surface area contributed by atoms with Gasteiger partial charge in [0.25, 0.3) is 0 Å². The minimum absolute atomic E-state index is 0.145. The first-order valence-electron chi connectivity index (χ1n) is 5.58. The molecule has 0 saturated heterocycles. The van der Waals surface area contributed by atoms with Gasteiger partial charge in [-0.05, 0) is 16.9 Å². The highest BCUT2D eigenvalue weighted by atomic mass is 16.1. The maximum atomic E-state index is 11.7. The Hall–Kier alpha value is -1.11. The van der Waals surface area contributed by atoms with Crippen molar-refractivity contribution in [1.82, 2.24) is 0 Å². The smallest absolute Gasteiger partial charge is 0.140 e. The number of benzene rings is 1. The normalized spacial score (nSPS) is 26.2. The molecule has 0 aliphatic heterocycles. The van der Waals surface area contributed by atoms with Gasteiger partial charge in [-0.25, -0.2) is 0 Å². The van der Waals surface area contributed by atoms with Gasteiger partial charge < -0.3 is 0 Å². The second kappa shape index (κ2) is 3.48. The Morgan fingerprint density at radius 3 is 2.20 bits per heavy atom. The lowest BCUT2D eigenvalue weighted by Gasteiger charge is -2.44. The van der Waals surface area contributed by atoms with E-state index < -0.39 is 0 Å². The number of rotatable bonds is 1. The maximum absolute atomic E-state index is 11.7. The molecule has 1 aliphatic rings. The molecule has 0 radical (unpaired) electrons. The number of Topliss-reactive ketones (excluding diaryl/α,β-unsaturated/α-hetero) is 1. The summed E-state index contributed by atoms with van der Waals surface area (Å²) in [6.07, 6.45) is 0.753. The molecule has 0 amide bonds. The predicted molar refractivity (Wildman–Crippen MR) is 61.8 cm³/mol. The average Bonchev–Trinajstić information content (AvgIpc) is 2.14. The van der Waals surface area contributed by atoms with Crippen molar-refractivity contribution >= 4 is 5.78 Å². The third kappa shape index (κ3) is 1.83. The van der Waals surface area contributed by atoms with Gasteiger partial charge in [-0.15, -0.1) is 0 Å². The van der Waals surface area contributed by atoms with E-state index in [0.29, 0.717) is 11.7 Å². The molecule has 2 rings (SSSR count). The van der Waals surface area contributed by atoms with E-state index in [1.165, 1.54) is 5.56 Å². The topological polar surface area (TPSA) is 17.1 Å². The Balaban J connectivity index is 2.25. The summed E-state index contributed by atoms with van der Waals surface area (Å²) >= 11 is 0. The molecule has 0 spiro atoms. The number of ketones is 1. The van der Waals surface area contributed by atoms with Crippen LogP contribution in [0.3, 0.4) is 0 Å². The number of carbonyl (C=O) groups excluding carboxylic acids is 1. The molecule has 2 atom stereocenters. The summed E-state index contributed by atoms with van der Waals surface area (Å²) in [7, 11) is 0. The number of hydrogen-bond acceptors (Lipinski definition) is 1. The quantitative estimate of drug-likeness (QED) is 0.682. The van der Waals surface area contributed by atoms with Gasteiger partial charge in [0.15, 0.2) is 0 Å². The molecule has 0 heterocycles. The number of hydrogen-bond donors (Lipinski definition) is 0. The van der Waals surface area contributed by atoms with Gasteiger partial charge in [0.2, 0.25) is 0 Å². The highest BCUT2D eigenvalue weighted by Crippen LogP contribution is 2.48. The van der Waals surface area contributed by atoms with Crippen LogP contribution in [0.5, 0.6) is 0 Å². The summed E-state index contributed by atoms with van der Waals surface area (Å²) in [5.74, 6) is 1.06. The predicted octanol–water partition coefficient (Wildman–Crippen LogP) is 3.41. The van der Waals surface area contributed by atoms with Crippen molar-refractivity contribution in [3.63, 3.8) is 0 Å². The first-order valence-corrected chi connectivity index (χ1v) is 5.58. The zero-order valence-corrected chi connectivity index (χ0v) is 9.66. The van der Waals surface area contributed by atoms with Crippen LogP contribution in [0.4, 0.5) is 0 Å². The molecule has 15 heavy (non-hydrogen) atoms. The summed E-state index contributed by atoms with van der Waals surface area (Å²) in [6.45, 7) is 6.67. The second-order valence-corrected chi connectivity index (χ2v) is 5.53. The van der Waals surface area contributed by atoms with Crippen molar-refractivity contribution in [2.45, 2.75) is 33.1 Å². The van der Waals surface area contributed by atoms with E-state index in [0.717, 1.165) is 6.42 Å². The summed E-state index contributed by atoms with van der Waals surface area (Å²) < 4.78 is 0. The first kappa shape index (κ1) is 10.4. The van der Waals surface area contributed by atoms with Crippen LogP contribution in [-0.4, -0.2) is 5.78 Å². The lowest BCUT2D eigenvalue weighted by molar-refractivity contribution is -0.133. The van der Waals surface area contributed by atoms with Crippen LogP contribution < -0.4 is 0 Å². The molecule has 1 aromatic carbocycles. The lowest BCUT2D eigenvalue weighted by atomic mass is 9.59. The van der Waals surface area contributed by atoms with E-state index >= 15 is 0 Å². The van der Waals surface area contributed by atoms with Crippen molar-refractivity contribution in [2.75, 3.05) is 0 Å². The van der Waals surface area contributed by atoms with E-state index in [9.17, 15) is 4.79 Å². The van der Waals surface area contributed by atoms with Gasteiger partial charge in [-0.3, -0.25) is 4.79 Å².